The van der Waals surface area contributed by atoms with Gasteiger partial charge in [-0.15, -0.1) is 0 Å². The maximum Gasteiger partial charge on any atom is 0.125 e. The molecule has 19 heavy (non-hydrogen) atoms. The SMILES string of the molecule is CCCCN(Cc1ccnc(C)n1)CC1CCCN1. The van der Waals surface area contributed by atoms with Crippen molar-refractivity contribution in [1.82, 2.24) is 20.2 Å². The Morgan fingerprint density at radius 1 is 1.47 bits per heavy atom. The molecule has 1 aromatic rings. The molecule has 1 saturated heterocycles. The van der Waals surface area contributed by atoms with Crippen molar-refractivity contribution in [1.29, 1.82) is 0 Å². The van der Waals surface area contributed by atoms with Crippen molar-refractivity contribution in [2.24, 2.45) is 0 Å². The molecule has 2 heterocycles. The Bertz CT molecular complexity index is 374. The molecule has 1 aromatic heterocycles. The molecule has 1 unspecified atom stereocenters. The van der Waals surface area contributed by atoms with Crippen LogP contribution in [0.25, 0.3) is 0 Å². The summed E-state index contributed by atoms with van der Waals surface area (Å²) in [6, 6.07) is 2.70. The fourth-order valence-electron chi connectivity index (χ4n) is 2.66. The van der Waals surface area contributed by atoms with Gasteiger partial charge >= 0.3 is 0 Å². The van der Waals surface area contributed by atoms with Crippen molar-refractivity contribution >= 4 is 0 Å². The number of hydrogen-bond acceptors (Lipinski definition) is 4. The number of aromatic nitrogens is 2. The highest BCUT2D eigenvalue weighted by Gasteiger charge is 2.18. The van der Waals surface area contributed by atoms with E-state index in [1.54, 1.807) is 0 Å². The van der Waals surface area contributed by atoms with E-state index >= 15 is 0 Å². The Labute approximate surface area is 116 Å². The fraction of sp³-hybridized carbons (Fsp3) is 0.733. The summed E-state index contributed by atoms with van der Waals surface area (Å²) >= 11 is 0. The lowest BCUT2D eigenvalue weighted by Gasteiger charge is -2.25. The maximum atomic E-state index is 4.52. The second kappa shape index (κ2) is 7.56. The molecular formula is C15H26N4. The molecule has 0 amide bonds. The van der Waals surface area contributed by atoms with Crippen LogP contribution in [0.1, 0.15) is 44.1 Å². The second-order valence-electron chi connectivity index (χ2n) is 5.48. The van der Waals surface area contributed by atoms with Gasteiger partial charge in [0.05, 0.1) is 5.69 Å². The Hall–Kier alpha value is -1.00. The van der Waals surface area contributed by atoms with Crippen LogP contribution in [0.3, 0.4) is 0 Å². The van der Waals surface area contributed by atoms with Crippen molar-refractivity contribution in [2.75, 3.05) is 19.6 Å². The molecule has 1 N–H and O–H groups in total. The van der Waals surface area contributed by atoms with E-state index < -0.39 is 0 Å². The minimum Gasteiger partial charge on any atom is -0.313 e. The highest BCUT2D eigenvalue weighted by molar-refractivity contribution is 5.01. The summed E-state index contributed by atoms with van der Waals surface area (Å²) in [5, 5.41) is 3.59. The van der Waals surface area contributed by atoms with Crippen LogP contribution in [0.2, 0.25) is 0 Å². The summed E-state index contributed by atoms with van der Waals surface area (Å²) in [6.07, 6.45) is 7.00. The van der Waals surface area contributed by atoms with E-state index in [0.717, 1.165) is 31.2 Å². The molecular weight excluding hydrogens is 236 g/mol. The molecule has 1 atom stereocenters. The van der Waals surface area contributed by atoms with Crippen LogP contribution in [-0.2, 0) is 6.54 Å². The zero-order valence-electron chi connectivity index (χ0n) is 12.2. The first-order valence-electron chi connectivity index (χ1n) is 7.52. The molecule has 0 spiro atoms. The highest BCUT2D eigenvalue weighted by Crippen LogP contribution is 2.10. The Morgan fingerprint density at radius 2 is 2.37 bits per heavy atom. The fourth-order valence-corrected chi connectivity index (χ4v) is 2.66. The van der Waals surface area contributed by atoms with Crippen molar-refractivity contribution in [3.8, 4) is 0 Å². The van der Waals surface area contributed by atoms with Gasteiger partial charge in [-0.2, -0.15) is 0 Å². The lowest BCUT2D eigenvalue weighted by atomic mass is 10.2. The van der Waals surface area contributed by atoms with Gasteiger partial charge in [0.1, 0.15) is 5.82 Å². The molecule has 106 valence electrons. The third-order valence-corrected chi connectivity index (χ3v) is 3.69. The molecule has 0 aromatic carbocycles. The first-order valence-corrected chi connectivity index (χ1v) is 7.52. The van der Waals surface area contributed by atoms with Gasteiger partial charge in [-0.1, -0.05) is 13.3 Å². The first-order chi connectivity index (χ1) is 9.28. The molecule has 0 saturated carbocycles. The normalized spacial score (nSPS) is 19.2. The predicted molar refractivity (Wildman–Crippen MR) is 78.0 cm³/mol. The van der Waals surface area contributed by atoms with Crippen LogP contribution >= 0.6 is 0 Å². The largest absolute Gasteiger partial charge is 0.313 e. The summed E-state index contributed by atoms with van der Waals surface area (Å²) in [7, 11) is 0. The maximum absolute atomic E-state index is 4.52. The molecule has 0 bridgehead atoms. The quantitative estimate of drug-likeness (QED) is 0.817. The minimum absolute atomic E-state index is 0.666. The van der Waals surface area contributed by atoms with E-state index in [1.165, 1.54) is 32.2 Å². The van der Waals surface area contributed by atoms with Gasteiger partial charge in [-0.05, 0) is 45.3 Å². The monoisotopic (exact) mass is 262 g/mol. The summed E-state index contributed by atoms with van der Waals surface area (Å²) < 4.78 is 0. The summed E-state index contributed by atoms with van der Waals surface area (Å²) in [5.41, 5.74) is 1.14. The number of rotatable bonds is 7. The van der Waals surface area contributed by atoms with Crippen LogP contribution in [0.15, 0.2) is 12.3 Å². The van der Waals surface area contributed by atoms with Gasteiger partial charge in [0.25, 0.3) is 0 Å². The van der Waals surface area contributed by atoms with Gasteiger partial charge in [0.15, 0.2) is 0 Å². The number of unbranched alkanes of at least 4 members (excludes halogenated alkanes) is 1. The van der Waals surface area contributed by atoms with Crippen LogP contribution in [-0.4, -0.2) is 40.5 Å². The van der Waals surface area contributed by atoms with E-state index in [9.17, 15) is 0 Å². The molecule has 4 nitrogen and oxygen atoms in total. The third kappa shape index (κ3) is 4.88. The van der Waals surface area contributed by atoms with E-state index in [-0.39, 0.29) is 0 Å². The van der Waals surface area contributed by atoms with E-state index in [1.807, 2.05) is 19.2 Å². The average molecular weight is 262 g/mol. The molecule has 1 fully saturated rings. The summed E-state index contributed by atoms with van der Waals surface area (Å²) in [4.78, 5) is 11.2. The second-order valence-corrected chi connectivity index (χ2v) is 5.48. The van der Waals surface area contributed by atoms with E-state index in [2.05, 4.69) is 27.1 Å². The van der Waals surface area contributed by atoms with E-state index in [4.69, 9.17) is 0 Å². The van der Waals surface area contributed by atoms with Gasteiger partial charge < -0.3 is 5.32 Å². The number of aryl methyl sites for hydroxylation is 1. The lowest BCUT2D eigenvalue weighted by molar-refractivity contribution is 0.235. The molecule has 1 aliphatic heterocycles. The zero-order valence-corrected chi connectivity index (χ0v) is 12.2. The molecule has 0 radical (unpaired) electrons. The van der Waals surface area contributed by atoms with Gasteiger partial charge in [-0.25, -0.2) is 9.97 Å². The van der Waals surface area contributed by atoms with E-state index in [0.29, 0.717) is 6.04 Å². The minimum atomic E-state index is 0.666. The smallest absolute Gasteiger partial charge is 0.125 e. The Morgan fingerprint density at radius 3 is 3.05 bits per heavy atom. The highest BCUT2D eigenvalue weighted by atomic mass is 15.2. The van der Waals surface area contributed by atoms with Crippen molar-refractivity contribution in [3.05, 3.63) is 23.8 Å². The molecule has 2 rings (SSSR count). The first kappa shape index (κ1) is 14.4. The molecule has 4 heteroatoms. The summed E-state index contributed by atoms with van der Waals surface area (Å²) in [6.45, 7) is 8.64. The Kier molecular flexibility index (Phi) is 5.73. The van der Waals surface area contributed by atoms with Gasteiger partial charge in [-0.3, -0.25) is 4.90 Å². The predicted octanol–water partition coefficient (Wildman–Crippen LogP) is 2.14. The van der Waals surface area contributed by atoms with Crippen LogP contribution < -0.4 is 5.32 Å². The Balaban J connectivity index is 1.92. The lowest BCUT2D eigenvalue weighted by Crippen LogP contribution is -2.37. The van der Waals surface area contributed by atoms with Crippen molar-refractivity contribution in [3.63, 3.8) is 0 Å². The standard InChI is InChI=1S/C15H26N4/c1-3-4-10-19(11-14-6-5-8-17-14)12-15-7-9-16-13(2)18-15/h7,9,14,17H,3-6,8,10-12H2,1-2H3. The zero-order chi connectivity index (χ0) is 13.5. The molecule has 0 aliphatic carbocycles. The van der Waals surface area contributed by atoms with Crippen molar-refractivity contribution < 1.29 is 0 Å². The topological polar surface area (TPSA) is 41.1 Å². The van der Waals surface area contributed by atoms with Crippen LogP contribution in [0.5, 0.6) is 0 Å². The van der Waals surface area contributed by atoms with Crippen LogP contribution in [0, 0.1) is 6.92 Å². The third-order valence-electron chi connectivity index (χ3n) is 3.69. The van der Waals surface area contributed by atoms with Gasteiger partial charge in [0, 0.05) is 25.3 Å². The van der Waals surface area contributed by atoms with Crippen LogP contribution in [0.4, 0.5) is 0 Å². The summed E-state index contributed by atoms with van der Waals surface area (Å²) in [5.74, 6) is 0.868. The average Bonchev–Trinajstić information content (AvgIpc) is 2.89. The van der Waals surface area contributed by atoms with Crippen molar-refractivity contribution in [2.45, 2.75) is 52.1 Å². The molecule has 1 aliphatic rings. The van der Waals surface area contributed by atoms with Gasteiger partial charge in [0.2, 0.25) is 0 Å². The number of nitrogens with one attached hydrogen (secondary N) is 1. The number of hydrogen-bond donors (Lipinski definition) is 1. The number of nitrogens with zero attached hydrogens (tertiary/aromatic N) is 3.